The molecule has 0 aliphatic carbocycles. The summed E-state index contributed by atoms with van der Waals surface area (Å²) in [5.74, 6) is 0.684. The molecule has 0 spiro atoms. The number of rotatable bonds is 3. The van der Waals surface area contributed by atoms with Gasteiger partial charge >= 0.3 is 0 Å². The van der Waals surface area contributed by atoms with Gasteiger partial charge in [0.25, 0.3) is 0 Å². The fraction of sp³-hybridized carbons (Fsp3) is 1.00. The predicted octanol–water partition coefficient (Wildman–Crippen LogP) is 1.77. The zero-order valence-corrected chi connectivity index (χ0v) is 11.2. The number of hydrogen-bond donors (Lipinski definition) is 0. The Balaban J connectivity index is 2.00. The molecule has 2 fully saturated rings. The van der Waals surface area contributed by atoms with Gasteiger partial charge in [-0.1, -0.05) is 6.92 Å². The molecule has 3 heteroatoms. The van der Waals surface area contributed by atoms with E-state index in [1.807, 2.05) is 0 Å². The van der Waals surface area contributed by atoms with Gasteiger partial charge in [-0.2, -0.15) is 0 Å². The molecule has 16 heavy (non-hydrogen) atoms. The Morgan fingerprint density at radius 1 is 1.19 bits per heavy atom. The lowest BCUT2D eigenvalue weighted by atomic mass is 9.64. The number of hydrogen-bond acceptors (Lipinski definition) is 2. The van der Waals surface area contributed by atoms with Gasteiger partial charge in [-0.15, -0.1) is 0 Å². The van der Waals surface area contributed by atoms with E-state index >= 15 is 0 Å². The van der Waals surface area contributed by atoms with E-state index in [0.29, 0.717) is 18.0 Å². The monoisotopic (exact) mass is 220 g/mol. The van der Waals surface area contributed by atoms with Crippen LogP contribution in [-0.4, -0.2) is 55.9 Å². The molecule has 0 bridgehead atoms. The lowest BCUT2D eigenvalue weighted by molar-refractivity contribution is 0.195. The van der Waals surface area contributed by atoms with Gasteiger partial charge in [0.2, 0.25) is 0 Å². The third-order valence-electron chi connectivity index (χ3n) is 4.66. The Morgan fingerprint density at radius 3 is 2.25 bits per heavy atom. The first-order valence-corrected chi connectivity index (χ1v) is 6.73. The van der Waals surface area contributed by atoms with Crippen LogP contribution in [0.5, 0.6) is 0 Å². The maximum Gasteiger partial charge on any atom is 0.0786 e. The Morgan fingerprint density at radius 2 is 1.75 bits per heavy atom. The fourth-order valence-corrected chi connectivity index (χ4v) is 3.17. The van der Waals surface area contributed by atoms with Gasteiger partial charge in [0, 0.05) is 25.2 Å². The largest absolute Gasteiger partial charge is 0.301 e. The van der Waals surface area contributed by atoms with Crippen LogP contribution in [-0.2, 0) is 0 Å². The molecule has 0 saturated carbocycles. The molecule has 0 aromatic carbocycles. The highest BCUT2D eigenvalue weighted by atomic mass is 15.3. The van der Waals surface area contributed by atoms with Crippen LogP contribution in [0.2, 0.25) is 5.31 Å². The summed E-state index contributed by atoms with van der Waals surface area (Å²) >= 11 is 0. The van der Waals surface area contributed by atoms with Crippen LogP contribution in [0.1, 0.15) is 34.1 Å². The maximum atomic E-state index is 6.59. The molecular weight excluding hydrogens is 195 g/mol. The van der Waals surface area contributed by atoms with Crippen molar-refractivity contribution < 1.29 is 0 Å². The molecule has 3 atom stereocenters. The predicted molar refractivity (Wildman–Crippen MR) is 70.0 cm³/mol. The van der Waals surface area contributed by atoms with E-state index in [1.54, 1.807) is 0 Å². The van der Waals surface area contributed by atoms with Crippen LogP contribution in [0.25, 0.3) is 0 Å². The molecule has 2 nitrogen and oxygen atoms in total. The first-order valence-electron chi connectivity index (χ1n) is 6.73. The maximum absolute atomic E-state index is 6.59. The third-order valence-corrected chi connectivity index (χ3v) is 4.66. The van der Waals surface area contributed by atoms with E-state index in [2.05, 4.69) is 37.5 Å². The van der Waals surface area contributed by atoms with Crippen molar-refractivity contribution in [3.63, 3.8) is 0 Å². The molecule has 2 aliphatic rings. The second-order valence-electron chi connectivity index (χ2n) is 6.14. The normalized spacial score (nSPS) is 38.2. The number of nitrogens with zero attached hydrogens (tertiary/aromatic N) is 2. The molecule has 0 aromatic rings. The first-order chi connectivity index (χ1) is 7.46. The van der Waals surface area contributed by atoms with Crippen LogP contribution in [0.3, 0.4) is 0 Å². The average molecular weight is 220 g/mol. The zero-order chi connectivity index (χ0) is 11.9. The highest BCUT2D eigenvalue weighted by Gasteiger charge is 2.49. The van der Waals surface area contributed by atoms with Crippen molar-refractivity contribution in [3.05, 3.63) is 0 Å². The Hall–Kier alpha value is -0.0151. The molecule has 0 aromatic heterocycles. The summed E-state index contributed by atoms with van der Waals surface area (Å²) in [6.45, 7) is 13.7. The average Bonchev–Trinajstić information content (AvgIpc) is 2.68. The van der Waals surface area contributed by atoms with E-state index in [-0.39, 0.29) is 5.31 Å². The summed E-state index contributed by atoms with van der Waals surface area (Å²) in [6, 6.07) is 1.33. The van der Waals surface area contributed by atoms with Crippen molar-refractivity contribution in [2.24, 2.45) is 5.92 Å². The van der Waals surface area contributed by atoms with Crippen molar-refractivity contribution in [2.75, 3.05) is 26.2 Å². The smallest absolute Gasteiger partial charge is 0.0786 e. The molecule has 90 valence electrons. The molecule has 2 rings (SSSR count). The first kappa shape index (κ1) is 12.4. The van der Waals surface area contributed by atoms with Crippen molar-refractivity contribution in [3.8, 4) is 0 Å². The van der Waals surface area contributed by atoms with Crippen molar-refractivity contribution in [1.82, 2.24) is 9.80 Å². The zero-order valence-electron chi connectivity index (χ0n) is 11.2. The molecule has 2 aliphatic heterocycles. The van der Waals surface area contributed by atoms with Crippen molar-refractivity contribution in [2.45, 2.75) is 51.5 Å². The minimum Gasteiger partial charge on any atom is -0.301 e. The van der Waals surface area contributed by atoms with E-state index < -0.39 is 0 Å². The highest BCUT2D eigenvalue weighted by Crippen LogP contribution is 2.47. The Bertz CT molecular complexity index is 256. The molecule has 1 unspecified atom stereocenters. The minimum absolute atomic E-state index is 0.0632. The molecule has 0 N–H and O–H groups in total. The van der Waals surface area contributed by atoms with Gasteiger partial charge in [0.15, 0.2) is 0 Å². The topological polar surface area (TPSA) is 6.48 Å². The quantitative estimate of drug-likeness (QED) is 0.669. The summed E-state index contributed by atoms with van der Waals surface area (Å²) in [6.07, 6.45) is 1.23. The third kappa shape index (κ3) is 2.04. The van der Waals surface area contributed by atoms with Crippen molar-refractivity contribution in [1.29, 1.82) is 0 Å². The van der Waals surface area contributed by atoms with E-state index in [1.165, 1.54) is 19.5 Å². The SMILES string of the molecule is [B][C@@]12CN(C(C)C)C[C@@H]1CN(C(C)CC)C2. The fourth-order valence-electron chi connectivity index (χ4n) is 3.17. The summed E-state index contributed by atoms with van der Waals surface area (Å²) in [5.41, 5.74) is 0. The van der Waals surface area contributed by atoms with Gasteiger partial charge in [-0.3, -0.25) is 0 Å². The van der Waals surface area contributed by atoms with Crippen LogP contribution in [0, 0.1) is 5.92 Å². The molecule has 0 amide bonds. The molecule has 2 radical (unpaired) electrons. The summed E-state index contributed by atoms with van der Waals surface area (Å²) in [5, 5.41) is 0.0632. The Kier molecular flexibility index (Phi) is 3.38. The van der Waals surface area contributed by atoms with Gasteiger partial charge in [-0.05, 0) is 51.5 Å². The molecular formula is C13H25BN2. The van der Waals surface area contributed by atoms with Crippen LogP contribution < -0.4 is 0 Å². The van der Waals surface area contributed by atoms with Gasteiger partial charge in [0.05, 0.1) is 7.85 Å². The summed E-state index contributed by atoms with van der Waals surface area (Å²) < 4.78 is 0. The van der Waals surface area contributed by atoms with Crippen molar-refractivity contribution >= 4 is 7.85 Å². The van der Waals surface area contributed by atoms with E-state index in [9.17, 15) is 0 Å². The van der Waals surface area contributed by atoms with Crippen LogP contribution >= 0.6 is 0 Å². The van der Waals surface area contributed by atoms with Gasteiger partial charge in [0.1, 0.15) is 0 Å². The second-order valence-corrected chi connectivity index (χ2v) is 6.14. The summed E-state index contributed by atoms with van der Waals surface area (Å²) in [4.78, 5) is 5.13. The highest BCUT2D eigenvalue weighted by molar-refractivity contribution is 6.16. The number of likely N-dealkylation sites (tertiary alicyclic amines) is 2. The standard InChI is InChI=1S/C13H25BN2/c1-5-11(4)16-7-12-6-15(10(2)3)8-13(12,14)9-16/h10-12H,5-9H2,1-4H3/t11?,12-,13-/m1/s1. The van der Waals surface area contributed by atoms with Crippen LogP contribution in [0.15, 0.2) is 0 Å². The van der Waals surface area contributed by atoms with E-state index in [4.69, 9.17) is 7.85 Å². The second kappa shape index (κ2) is 4.34. The van der Waals surface area contributed by atoms with Gasteiger partial charge < -0.3 is 9.80 Å². The molecule has 2 heterocycles. The van der Waals surface area contributed by atoms with E-state index in [0.717, 1.165) is 13.1 Å². The van der Waals surface area contributed by atoms with Gasteiger partial charge in [-0.25, -0.2) is 0 Å². The summed E-state index contributed by atoms with van der Waals surface area (Å²) in [7, 11) is 6.59. The molecule has 2 saturated heterocycles. The van der Waals surface area contributed by atoms with Crippen LogP contribution in [0.4, 0.5) is 0 Å². The number of fused-ring (bicyclic) bond motifs is 1. The lowest BCUT2D eigenvalue weighted by Gasteiger charge is -2.30. The minimum atomic E-state index is 0.0632. The lowest BCUT2D eigenvalue weighted by Crippen LogP contribution is -2.37. The Labute approximate surface area is 102 Å².